The maximum Gasteiger partial charge on any atom is 0.242 e. The molecule has 1 aliphatic carbocycles. The van der Waals surface area contributed by atoms with Gasteiger partial charge in [0.2, 0.25) is 10.0 Å². The molecule has 1 saturated carbocycles. The zero-order valence-corrected chi connectivity index (χ0v) is 13.3. The number of aryl methyl sites for hydroxylation is 2. The Kier molecular flexibility index (Phi) is 4.39. The van der Waals surface area contributed by atoms with Crippen LogP contribution in [0.3, 0.4) is 0 Å². The highest BCUT2D eigenvalue weighted by Crippen LogP contribution is 2.29. The van der Waals surface area contributed by atoms with Gasteiger partial charge in [0.1, 0.15) is 4.90 Å². The second-order valence-corrected chi connectivity index (χ2v) is 7.61. The molecule has 0 spiro atoms. The Hall–Kier alpha value is -1.07. The summed E-state index contributed by atoms with van der Waals surface area (Å²) in [5, 5.41) is 0. The lowest BCUT2D eigenvalue weighted by Crippen LogP contribution is -2.37. The van der Waals surface area contributed by atoms with E-state index in [1.54, 1.807) is 12.1 Å². The summed E-state index contributed by atoms with van der Waals surface area (Å²) < 4.78 is 27.8. The lowest BCUT2D eigenvalue weighted by Gasteiger charge is -2.21. The van der Waals surface area contributed by atoms with Gasteiger partial charge in [-0.15, -0.1) is 0 Å². The van der Waals surface area contributed by atoms with E-state index in [0.29, 0.717) is 11.6 Å². The summed E-state index contributed by atoms with van der Waals surface area (Å²) in [6.45, 7) is 5.77. The molecule has 1 aromatic rings. The van der Waals surface area contributed by atoms with E-state index in [0.717, 1.165) is 24.0 Å². The minimum atomic E-state index is -3.54. The molecular weight excluding hydrogens is 272 g/mol. The molecule has 0 heterocycles. The summed E-state index contributed by atoms with van der Waals surface area (Å²) in [6, 6.07) is 3.35. The predicted molar refractivity (Wildman–Crippen MR) is 82.1 cm³/mol. The molecular formula is C15H24N2O2S. The van der Waals surface area contributed by atoms with Crippen LogP contribution in [0.1, 0.15) is 43.7 Å². The van der Waals surface area contributed by atoms with Gasteiger partial charge < -0.3 is 5.73 Å². The maximum absolute atomic E-state index is 12.5. The fourth-order valence-electron chi connectivity index (χ4n) is 2.91. The number of anilines is 1. The van der Waals surface area contributed by atoms with E-state index < -0.39 is 10.0 Å². The van der Waals surface area contributed by atoms with Gasteiger partial charge in [-0.25, -0.2) is 13.1 Å². The van der Waals surface area contributed by atoms with Gasteiger partial charge in [0.25, 0.3) is 0 Å². The predicted octanol–water partition coefficient (Wildman–Crippen LogP) is 2.74. The van der Waals surface area contributed by atoms with Gasteiger partial charge in [-0.1, -0.05) is 12.8 Å². The van der Waals surface area contributed by atoms with Gasteiger partial charge in [-0.2, -0.15) is 0 Å². The van der Waals surface area contributed by atoms with Crippen LogP contribution in [0.2, 0.25) is 0 Å². The fraction of sp³-hybridized carbons (Fsp3) is 0.600. The maximum atomic E-state index is 12.5. The summed E-state index contributed by atoms with van der Waals surface area (Å²) in [6.07, 6.45) is 4.60. The van der Waals surface area contributed by atoms with Crippen molar-refractivity contribution < 1.29 is 8.42 Å². The number of sulfonamides is 1. The molecule has 1 unspecified atom stereocenters. The van der Waals surface area contributed by atoms with E-state index in [2.05, 4.69) is 4.72 Å². The number of benzene rings is 1. The number of hydrogen-bond donors (Lipinski definition) is 2. The third kappa shape index (κ3) is 3.15. The zero-order chi connectivity index (χ0) is 14.9. The van der Waals surface area contributed by atoms with Crippen LogP contribution in [0.15, 0.2) is 17.0 Å². The minimum Gasteiger partial charge on any atom is -0.398 e. The molecule has 1 aromatic carbocycles. The number of hydrogen-bond acceptors (Lipinski definition) is 3. The Morgan fingerprint density at radius 3 is 2.35 bits per heavy atom. The molecule has 20 heavy (non-hydrogen) atoms. The van der Waals surface area contributed by atoms with Crippen LogP contribution in [0.25, 0.3) is 0 Å². The first-order valence-electron chi connectivity index (χ1n) is 7.20. The lowest BCUT2D eigenvalue weighted by atomic mass is 10.0. The summed E-state index contributed by atoms with van der Waals surface area (Å²) >= 11 is 0. The Morgan fingerprint density at radius 1 is 1.20 bits per heavy atom. The van der Waals surface area contributed by atoms with Crippen molar-refractivity contribution in [3.8, 4) is 0 Å². The van der Waals surface area contributed by atoms with Crippen LogP contribution in [0.4, 0.5) is 5.69 Å². The third-order valence-electron chi connectivity index (χ3n) is 4.36. The van der Waals surface area contributed by atoms with E-state index in [4.69, 9.17) is 5.73 Å². The fourth-order valence-corrected chi connectivity index (χ4v) is 4.42. The Bertz CT molecular complexity index is 590. The van der Waals surface area contributed by atoms with E-state index >= 15 is 0 Å². The number of rotatable bonds is 4. The van der Waals surface area contributed by atoms with Crippen molar-refractivity contribution in [3.05, 3.63) is 23.3 Å². The first-order chi connectivity index (χ1) is 9.31. The van der Waals surface area contributed by atoms with Crippen molar-refractivity contribution in [1.82, 2.24) is 4.72 Å². The third-order valence-corrected chi connectivity index (χ3v) is 5.98. The molecule has 1 fully saturated rings. The van der Waals surface area contributed by atoms with Crippen molar-refractivity contribution in [2.24, 2.45) is 5.92 Å². The van der Waals surface area contributed by atoms with Crippen LogP contribution < -0.4 is 10.5 Å². The van der Waals surface area contributed by atoms with Crippen molar-refractivity contribution in [2.45, 2.75) is 57.4 Å². The Labute approximate surface area is 121 Å². The average Bonchev–Trinajstić information content (AvgIpc) is 2.86. The molecule has 0 radical (unpaired) electrons. The standard InChI is InChI=1S/C15H24N2O2S/c1-10-8-14(16)15(9-11(10)2)20(18,19)17-12(3)13-6-4-5-7-13/h8-9,12-13,17H,4-7,16H2,1-3H3. The Balaban J connectivity index is 2.24. The van der Waals surface area contributed by atoms with E-state index in [-0.39, 0.29) is 10.9 Å². The molecule has 0 saturated heterocycles. The van der Waals surface area contributed by atoms with Crippen LogP contribution in [0.5, 0.6) is 0 Å². The van der Waals surface area contributed by atoms with Crippen molar-refractivity contribution in [2.75, 3.05) is 5.73 Å². The zero-order valence-electron chi connectivity index (χ0n) is 12.4. The summed E-state index contributed by atoms with van der Waals surface area (Å²) in [7, 11) is -3.54. The summed E-state index contributed by atoms with van der Waals surface area (Å²) in [5.41, 5.74) is 8.15. The quantitative estimate of drug-likeness (QED) is 0.839. The molecule has 3 N–H and O–H groups in total. The molecule has 112 valence electrons. The molecule has 0 aliphatic heterocycles. The smallest absolute Gasteiger partial charge is 0.242 e. The minimum absolute atomic E-state index is 0.0384. The van der Waals surface area contributed by atoms with Crippen LogP contribution >= 0.6 is 0 Å². The molecule has 0 amide bonds. The van der Waals surface area contributed by atoms with Gasteiger partial charge in [0, 0.05) is 6.04 Å². The van der Waals surface area contributed by atoms with Gasteiger partial charge in [-0.05, 0) is 62.8 Å². The van der Waals surface area contributed by atoms with Crippen molar-refractivity contribution in [1.29, 1.82) is 0 Å². The van der Waals surface area contributed by atoms with Crippen molar-refractivity contribution in [3.63, 3.8) is 0 Å². The highest BCUT2D eigenvalue weighted by Gasteiger charge is 2.27. The van der Waals surface area contributed by atoms with Crippen LogP contribution in [-0.2, 0) is 10.0 Å². The summed E-state index contributed by atoms with van der Waals surface area (Å²) in [4.78, 5) is 0.199. The Morgan fingerprint density at radius 2 is 1.75 bits per heavy atom. The first kappa shape index (κ1) is 15.3. The largest absolute Gasteiger partial charge is 0.398 e. The van der Waals surface area contributed by atoms with Gasteiger partial charge in [0.05, 0.1) is 5.69 Å². The van der Waals surface area contributed by atoms with Crippen LogP contribution in [0, 0.1) is 19.8 Å². The van der Waals surface area contributed by atoms with Crippen LogP contribution in [-0.4, -0.2) is 14.5 Å². The monoisotopic (exact) mass is 296 g/mol. The average molecular weight is 296 g/mol. The van der Waals surface area contributed by atoms with E-state index in [1.165, 1.54) is 12.8 Å². The number of nitrogen functional groups attached to an aromatic ring is 1. The molecule has 0 bridgehead atoms. The second-order valence-electron chi connectivity index (χ2n) is 5.93. The first-order valence-corrected chi connectivity index (χ1v) is 8.68. The lowest BCUT2D eigenvalue weighted by molar-refractivity contribution is 0.424. The van der Waals surface area contributed by atoms with E-state index in [9.17, 15) is 8.42 Å². The second kappa shape index (κ2) is 5.74. The van der Waals surface area contributed by atoms with E-state index in [1.807, 2.05) is 20.8 Å². The normalized spacial score (nSPS) is 18.4. The topological polar surface area (TPSA) is 72.2 Å². The van der Waals surface area contributed by atoms with Crippen molar-refractivity contribution >= 4 is 15.7 Å². The molecule has 5 heteroatoms. The highest BCUT2D eigenvalue weighted by atomic mass is 32.2. The molecule has 1 aliphatic rings. The molecule has 4 nitrogen and oxygen atoms in total. The van der Waals surface area contributed by atoms with Gasteiger partial charge in [0.15, 0.2) is 0 Å². The van der Waals surface area contributed by atoms with Gasteiger partial charge in [-0.3, -0.25) is 0 Å². The SMILES string of the molecule is Cc1cc(N)c(S(=O)(=O)NC(C)C2CCCC2)cc1C. The van der Waals surface area contributed by atoms with Gasteiger partial charge >= 0.3 is 0 Å². The molecule has 2 rings (SSSR count). The summed E-state index contributed by atoms with van der Waals surface area (Å²) in [5.74, 6) is 0.442. The molecule has 0 aromatic heterocycles. The highest BCUT2D eigenvalue weighted by molar-refractivity contribution is 7.89. The number of nitrogens with one attached hydrogen (secondary N) is 1. The molecule has 1 atom stereocenters. The number of nitrogens with two attached hydrogens (primary N) is 1.